The molecule has 4 N–H and O–H groups in total. The van der Waals surface area contributed by atoms with Gasteiger partial charge in [-0.15, -0.1) is 0 Å². The summed E-state index contributed by atoms with van der Waals surface area (Å²) in [6.45, 7) is 0. The normalized spacial score (nSPS) is 10.3. The van der Waals surface area contributed by atoms with E-state index in [1.807, 2.05) is 24.3 Å². The van der Waals surface area contributed by atoms with Crippen LogP contribution in [0.5, 0.6) is 0 Å². The van der Waals surface area contributed by atoms with Gasteiger partial charge in [0.1, 0.15) is 6.33 Å². The summed E-state index contributed by atoms with van der Waals surface area (Å²) in [5, 5.41) is 7.36. The number of nitrogens with two attached hydrogens (primary N) is 1. The third-order valence-corrected chi connectivity index (χ3v) is 3.26. The molecule has 0 unspecified atom stereocenters. The number of H-pyrrole nitrogens is 1. The van der Waals surface area contributed by atoms with Crippen molar-refractivity contribution < 1.29 is 4.79 Å². The van der Waals surface area contributed by atoms with Gasteiger partial charge >= 0.3 is 0 Å². The Bertz CT molecular complexity index is 497. The van der Waals surface area contributed by atoms with Gasteiger partial charge in [0.05, 0.1) is 6.42 Å². The number of carbonyl (C=O) groups is 1. The molecule has 1 amide bonds. The summed E-state index contributed by atoms with van der Waals surface area (Å²) < 4.78 is 0. The minimum absolute atomic E-state index is 0.196. The molecule has 0 aliphatic carbocycles. The van der Waals surface area contributed by atoms with Gasteiger partial charge in [-0.2, -0.15) is 5.10 Å². The number of hydrogen-bond donors (Lipinski definition) is 3. The van der Waals surface area contributed by atoms with Gasteiger partial charge < -0.3 is 0 Å². The molecular weight excluding hydrogens is 250 g/mol. The fourth-order valence-corrected chi connectivity index (χ4v) is 2.14. The maximum absolute atomic E-state index is 11.1. The van der Waals surface area contributed by atoms with E-state index >= 15 is 0 Å². The van der Waals surface area contributed by atoms with E-state index in [1.54, 1.807) is 11.8 Å². The summed E-state index contributed by atoms with van der Waals surface area (Å²) in [5.74, 6) is 5.64. The van der Waals surface area contributed by atoms with Crippen LogP contribution in [-0.4, -0.2) is 21.1 Å². The van der Waals surface area contributed by atoms with Crippen LogP contribution in [0.4, 0.5) is 0 Å². The number of rotatable bonds is 5. The first-order valence-corrected chi connectivity index (χ1v) is 6.32. The van der Waals surface area contributed by atoms with Crippen LogP contribution in [-0.2, 0) is 17.0 Å². The third kappa shape index (κ3) is 3.57. The Balaban J connectivity index is 1.89. The summed E-state index contributed by atoms with van der Waals surface area (Å²) in [5.41, 5.74) is 4.21. The summed E-state index contributed by atoms with van der Waals surface area (Å²) in [6.07, 6.45) is 1.78. The van der Waals surface area contributed by atoms with E-state index in [0.717, 1.165) is 22.0 Å². The van der Waals surface area contributed by atoms with Crippen LogP contribution < -0.4 is 11.3 Å². The topological polar surface area (TPSA) is 96.7 Å². The van der Waals surface area contributed by atoms with Crippen molar-refractivity contribution in [2.24, 2.45) is 5.84 Å². The van der Waals surface area contributed by atoms with Crippen molar-refractivity contribution in [3.63, 3.8) is 0 Å². The number of thioether (sulfide) groups is 1. The van der Waals surface area contributed by atoms with Gasteiger partial charge in [0, 0.05) is 5.75 Å². The van der Waals surface area contributed by atoms with E-state index in [-0.39, 0.29) is 5.91 Å². The molecule has 94 valence electrons. The van der Waals surface area contributed by atoms with Gasteiger partial charge in [0.25, 0.3) is 0 Å². The molecule has 1 aromatic carbocycles. The zero-order valence-electron chi connectivity index (χ0n) is 9.59. The molecule has 2 rings (SSSR count). The highest BCUT2D eigenvalue weighted by molar-refractivity contribution is 7.98. The monoisotopic (exact) mass is 263 g/mol. The molecule has 0 saturated carbocycles. The van der Waals surface area contributed by atoms with Gasteiger partial charge in [-0.25, -0.2) is 10.8 Å². The molecule has 6 nitrogen and oxygen atoms in total. The quantitative estimate of drug-likeness (QED) is 0.318. The first kappa shape index (κ1) is 12.6. The number of amides is 1. The second-order valence-corrected chi connectivity index (χ2v) is 4.60. The van der Waals surface area contributed by atoms with E-state index in [0.29, 0.717) is 6.42 Å². The molecule has 18 heavy (non-hydrogen) atoms. The molecule has 2 aromatic rings. The number of hydrogen-bond acceptors (Lipinski definition) is 5. The number of aromatic nitrogens is 3. The molecule has 0 radical (unpaired) electrons. The van der Waals surface area contributed by atoms with E-state index in [9.17, 15) is 4.79 Å². The number of nitrogens with one attached hydrogen (secondary N) is 2. The van der Waals surface area contributed by atoms with Gasteiger partial charge in [-0.1, -0.05) is 36.0 Å². The van der Waals surface area contributed by atoms with Crippen LogP contribution in [0.1, 0.15) is 11.1 Å². The molecule has 7 heteroatoms. The van der Waals surface area contributed by atoms with Crippen molar-refractivity contribution in [3.05, 3.63) is 41.7 Å². The van der Waals surface area contributed by atoms with Crippen LogP contribution in [0.3, 0.4) is 0 Å². The SMILES string of the molecule is NNC(=O)Cc1ccc(CSc2ncn[nH]2)cc1. The first-order chi connectivity index (χ1) is 8.78. The van der Waals surface area contributed by atoms with Gasteiger partial charge in [-0.05, 0) is 11.1 Å². The maximum atomic E-state index is 11.1. The molecular formula is C11H13N5OS. The highest BCUT2D eigenvalue weighted by atomic mass is 32.2. The maximum Gasteiger partial charge on any atom is 0.238 e. The molecule has 0 saturated heterocycles. The average Bonchev–Trinajstić information content (AvgIpc) is 2.91. The smallest absolute Gasteiger partial charge is 0.238 e. The highest BCUT2D eigenvalue weighted by Crippen LogP contribution is 2.18. The van der Waals surface area contributed by atoms with Crippen LogP contribution in [0.25, 0.3) is 0 Å². The van der Waals surface area contributed by atoms with Crippen molar-refractivity contribution in [2.45, 2.75) is 17.3 Å². The second kappa shape index (κ2) is 6.18. The van der Waals surface area contributed by atoms with E-state index in [4.69, 9.17) is 5.84 Å². The molecule has 0 spiro atoms. The highest BCUT2D eigenvalue weighted by Gasteiger charge is 2.02. The number of nitrogens with zero attached hydrogens (tertiary/aromatic N) is 2. The van der Waals surface area contributed by atoms with E-state index in [1.165, 1.54) is 6.33 Å². The molecule has 0 aliphatic heterocycles. The van der Waals surface area contributed by atoms with Crippen LogP contribution in [0, 0.1) is 0 Å². The lowest BCUT2D eigenvalue weighted by molar-refractivity contribution is -0.120. The summed E-state index contributed by atoms with van der Waals surface area (Å²) in [7, 11) is 0. The fraction of sp³-hybridized carbons (Fsp3) is 0.182. The summed E-state index contributed by atoms with van der Waals surface area (Å²) in [4.78, 5) is 15.1. The zero-order chi connectivity index (χ0) is 12.8. The van der Waals surface area contributed by atoms with Crippen LogP contribution in [0.2, 0.25) is 0 Å². The van der Waals surface area contributed by atoms with Crippen molar-refractivity contribution in [3.8, 4) is 0 Å². The number of benzene rings is 1. The Morgan fingerprint density at radius 3 is 2.67 bits per heavy atom. The van der Waals surface area contributed by atoms with Crippen LogP contribution in [0.15, 0.2) is 35.7 Å². The minimum atomic E-state index is -0.196. The Morgan fingerprint density at radius 1 is 1.33 bits per heavy atom. The van der Waals surface area contributed by atoms with E-state index < -0.39 is 0 Å². The Kier molecular flexibility index (Phi) is 4.32. The minimum Gasteiger partial charge on any atom is -0.294 e. The zero-order valence-corrected chi connectivity index (χ0v) is 10.4. The molecule has 0 atom stereocenters. The molecule has 0 aliphatic rings. The van der Waals surface area contributed by atoms with Gasteiger partial charge in [-0.3, -0.25) is 15.3 Å². The Morgan fingerprint density at radius 2 is 2.06 bits per heavy atom. The van der Waals surface area contributed by atoms with Crippen LogP contribution >= 0.6 is 11.8 Å². The standard InChI is InChI=1S/C11H13N5OS/c12-15-10(17)5-8-1-3-9(4-2-8)6-18-11-13-7-14-16-11/h1-4,7H,5-6,12H2,(H,15,17)(H,13,14,16). The predicted molar refractivity (Wildman–Crippen MR) is 68.4 cm³/mol. The molecule has 0 fully saturated rings. The van der Waals surface area contributed by atoms with Crippen molar-refractivity contribution in [2.75, 3.05) is 0 Å². The fourth-order valence-electron chi connectivity index (χ4n) is 1.41. The number of aromatic amines is 1. The van der Waals surface area contributed by atoms with Crippen molar-refractivity contribution in [1.82, 2.24) is 20.6 Å². The average molecular weight is 263 g/mol. The third-order valence-electron chi connectivity index (χ3n) is 2.32. The number of carbonyl (C=O) groups excluding carboxylic acids is 1. The Hall–Kier alpha value is -1.86. The lowest BCUT2D eigenvalue weighted by Crippen LogP contribution is -2.31. The van der Waals surface area contributed by atoms with Crippen molar-refractivity contribution >= 4 is 17.7 Å². The molecule has 1 heterocycles. The summed E-state index contributed by atoms with van der Waals surface area (Å²) >= 11 is 1.58. The largest absolute Gasteiger partial charge is 0.294 e. The Labute approximate surface area is 108 Å². The van der Waals surface area contributed by atoms with E-state index in [2.05, 4.69) is 20.6 Å². The lowest BCUT2D eigenvalue weighted by Gasteiger charge is -2.02. The van der Waals surface area contributed by atoms with Gasteiger partial charge in [0.15, 0.2) is 5.16 Å². The first-order valence-electron chi connectivity index (χ1n) is 5.33. The molecule has 0 bridgehead atoms. The predicted octanol–water partition coefficient (Wildman–Crippen LogP) is 0.629. The number of hydrazine groups is 1. The van der Waals surface area contributed by atoms with Crippen molar-refractivity contribution in [1.29, 1.82) is 0 Å². The van der Waals surface area contributed by atoms with Gasteiger partial charge in [0.2, 0.25) is 5.91 Å². The lowest BCUT2D eigenvalue weighted by atomic mass is 10.1. The molecule has 1 aromatic heterocycles. The summed E-state index contributed by atoms with van der Waals surface area (Å²) in [6, 6.07) is 7.82. The second-order valence-electron chi connectivity index (χ2n) is 3.64.